The lowest BCUT2D eigenvalue weighted by atomic mass is 10.1. The van der Waals surface area contributed by atoms with Crippen LogP contribution in [0.4, 0.5) is 19.2 Å². The molecule has 23 heavy (non-hydrogen) atoms. The van der Waals surface area contributed by atoms with Gasteiger partial charge in [-0.1, -0.05) is 10.3 Å². The van der Waals surface area contributed by atoms with Gasteiger partial charge < -0.3 is 8.94 Å². The van der Waals surface area contributed by atoms with E-state index in [0.717, 1.165) is 12.1 Å². The lowest BCUT2D eigenvalue weighted by Gasteiger charge is -2.05. The Morgan fingerprint density at radius 1 is 1.09 bits per heavy atom. The van der Waals surface area contributed by atoms with Crippen molar-refractivity contribution in [1.82, 2.24) is 15.4 Å². The number of aromatic nitrogens is 3. The van der Waals surface area contributed by atoms with Crippen LogP contribution in [0.25, 0.3) is 11.5 Å². The third kappa shape index (κ3) is 3.20. The van der Waals surface area contributed by atoms with Gasteiger partial charge in [-0.05, 0) is 24.3 Å². The van der Waals surface area contributed by atoms with Crippen LogP contribution >= 0.6 is 0 Å². The quantitative estimate of drug-likeness (QED) is 0.796. The van der Waals surface area contributed by atoms with Crippen LogP contribution in [-0.4, -0.2) is 21.3 Å². The summed E-state index contributed by atoms with van der Waals surface area (Å²) in [4.78, 5) is 11.7. The summed E-state index contributed by atoms with van der Waals surface area (Å²) in [5, 5.41) is 12.9. The lowest BCUT2D eigenvalue weighted by molar-refractivity contribution is -0.137. The molecule has 0 aliphatic rings. The molecule has 0 aliphatic carbocycles. The number of amides is 1. The summed E-state index contributed by atoms with van der Waals surface area (Å²) in [6.45, 7) is 0. The largest absolute Gasteiger partial charge is 0.416 e. The third-order valence-electron chi connectivity index (χ3n) is 2.77. The number of hydrogen-bond donors (Lipinski definition) is 1. The molecule has 3 rings (SSSR count). The maximum absolute atomic E-state index is 12.5. The van der Waals surface area contributed by atoms with Crippen LogP contribution in [0, 0.1) is 0 Å². The Morgan fingerprint density at radius 3 is 2.43 bits per heavy atom. The first-order valence-corrected chi connectivity index (χ1v) is 6.16. The average Bonchev–Trinajstić information content (AvgIpc) is 3.18. The normalized spacial score (nSPS) is 11.4. The van der Waals surface area contributed by atoms with Crippen LogP contribution < -0.4 is 5.32 Å². The molecule has 1 amide bonds. The Hall–Kier alpha value is -3.17. The van der Waals surface area contributed by atoms with Crippen LogP contribution in [0.2, 0.25) is 0 Å². The highest BCUT2D eigenvalue weighted by Gasteiger charge is 2.30. The first-order chi connectivity index (χ1) is 10.9. The maximum atomic E-state index is 12.5. The number of rotatable bonds is 3. The topological polar surface area (TPSA) is 94.1 Å². The summed E-state index contributed by atoms with van der Waals surface area (Å²) < 4.78 is 47.3. The van der Waals surface area contributed by atoms with E-state index in [-0.39, 0.29) is 23.2 Å². The molecule has 0 radical (unpaired) electrons. The van der Waals surface area contributed by atoms with Gasteiger partial charge in [0.15, 0.2) is 0 Å². The van der Waals surface area contributed by atoms with Crippen molar-refractivity contribution in [2.45, 2.75) is 6.18 Å². The number of carbonyl (C=O) groups is 1. The number of benzene rings is 1. The number of anilines is 1. The molecule has 0 unspecified atom stereocenters. The molecule has 2 heterocycles. The monoisotopic (exact) mass is 324 g/mol. The number of alkyl halides is 3. The zero-order chi connectivity index (χ0) is 16.4. The van der Waals surface area contributed by atoms with Crippen LogP contribution in [0.5, 0.6) is 0 Å². The fourth-order valence-corrected chi connectivity index (χ4v) is 1.68. The second-order valence-corrected chi connectivity index (χ2v) is 4.32. The Bertz CT molecular complexity index is 810. The third-order valence-corrected chi connectivity index (χ3v) is 2.77. The van der Waals surface area contributed by atoms with Crippen LogP contribution in [0.15, 0.2) is 45.5 Å². The van der Waals surface area contributed by atoms with Gasteiger partial charge in [0.25, 0.3) is 5.91 Å². The maximum Gasteiger partial charge on any atom is 0.416 e. The van der Waals surface area contributed by atoms with Crippen molar-refractivity contribution in [3.63, 3.8) is 0 Å². The van der Waals surface area contributed by atoms with Crippen LogP contribution in [0.1, 0.15) is 16.1 Å². The molecule has 7 nitrogen and oxygen atoms in total. The van der Waals surface area contributed by atoms with Crippen molar-refractivity contribution in [2.24, 2.45) is 0 Å². The van der Waals surface area contributed by atoms with E-state index < -0.39 is 17.6 Å². The summed E-state index contributed by atoms with van der Waals surface area (Å²) in [6, 6.07) is 5.29. The van der Waals surface area contributed by atoms with Crippen LogP contribution in [0.3, 0.4) is 0 Å². The van der Waals surface area contributed by atoms with Gasteiger partial charge in [-0.2, -0.15) is 13.2 Å². The van der Waals surface area contributed by atoms with Crippen molar-refractivity contribution in [3.8, 4) is 11.5 Å². The number of nitrogens with zero attached hydrogens (tertiary/aromatic N) is 3. The molecule has 2 aromatic heterocycles. The zero-order valence-electron chi connectivity index (χ0n) is 11.2. The van der Waals surface area contributed by atoms with E-state index in [1.54, 1.807) is 0 Å². The molecule has 118 valence electrons. The van der Waals surface area contributed by atoms with Gasteiger partial charge in [-0.3, -0.25) is 10.1 Å². The molecule has 0 saturated carbocycles. The van der Waals surface area contributed by atoms with E-state index in [9.17, 15) is 18.0 Å². The fourth-order valence-electron chi connectivity index (χ4n) is 1.68. The standard InChI is InChI=1S/C13H7F3N4O3/c14-13(15,16)8-3-1-7(2-4-8)11-19-20-12(22-11)18-10(21)9-5-6-17-23-9/h1-6H,(H,18,20,21). The molecule has 0 saturated heterocycles. The zero-order valence-corrected chi connectivity index (χ0v) is 11.2. The second kappa shape index (κ2) is 5.55. The summed E-state index contributed by atoms with van der Waals surface area (Å²) in [5.41, 5.74) is -0.509. The molecule has 0 atom stereocenters. The Morgan fingerprint density at radius 2 is 1.83 bits per heavy atom. The number of halogens is 3. The Kier molecular flexibility index (Phi) is 3.56. The molecule has 1 N–H and O–H groups in total. The van der Waals surface area contributed by atoms with Crippen molar-refractivity contribution in [3.05, 3.63) is 47.9 Å². The first kappa shape index (κ1) is 14.8. The minimum atomic E-state index is -4.43. The molecule has 10 heteroatoms. The lowest BCUT2D eigenvalue weighted by Crippen LogP contribution is -2.11. The van der Waals surface area contributed by atoms with Gasteiger partial charge >= 0.3 is 12.2 Å². The summed E-state index contributed by atoms with van der Waals surface area (Å²) in [5.74, 6) is -0.740. The molecule has 1 aromatic carbocycles. The molecule has 0 bridgehead atoms. The van der Waals surface area contributed by atoms with E-state index in [1.807, 2.05) is 0 Å². The molecular weight excluding hydrogens is 317 g/mol. The first-order valence-electron chi connectivity index (χ1n) is 6.16. The fraction of sp³-hybridized carbons (Fsp3) is 0.0769. The highest BCUT2D eigenvalue weighted by molar-refractivity contribution is 6.00. The SMILES string of the molecule is O=C(Nc1nnc(-c2ccc(C(F)(F)F)cc2)o1)c1ccno1. The van der Waals surface area contributed by atoms with Gasteiger partial charge in [-0.15, -0.1) is 5.10 Å². The predicted octanol–water partition coefficient (Wildman–Crippen LogP) is 3.00. The Balaban J connectivity index is 1.75. The van der Waals surface area contributed by atoms with E-state index in [4.69, 9.17) is 4.42 Å². The van der Waals surface area contributed by atoms with E-state index in [1.165, 1.54) is 24.4 Å². The number of nitrogens with one attached hydrogen (secondary N) is 1. The number of carbonyl (C=O) groups excluding carboxylic acids is 1. The summed E-state index contributed by atoms with van der Waals surface area (Å²) >= 11 is 0. The van der Waals surface area contributed by atoms with Gasteiger partial charge in [0, 0.05) is 11.6 Å². The van der Waals surface area contributed by atoms with Gasteiger partial charge in [0.05, 0.1) is 11.8 Å². The van der Waals surface area contributed by atoms with Crippen molar-refractivity contribution in [2.75, 3.05) is 5.32 Å². The molecule has 0 aliphatic heterocycles. The van der Waals surface area contributed by atoms with Crippen molar-refractivity contribution < 1.29 is 26.9 Å². The minimum Gasteiger partial charge on any atom is -0.403 e. The Labute approximate surface area is 126 Å². The van der Waals surface area contributed by atoms with Gasteiger partial charge in [0.1, 0.15) is 0 Å². The second-order valence-electron chi connectivity index (χ2n) is 4.32. The minimum absolute atomic E-state index is 0.0356. The highest BCUT2D eigenvalue weighted by atomic mass is 19.4. The molecule has 0 fully saturated rings. The van der Waals surface area contributed by atoms with Crippen molar-refractivity contribution >= 4 is 11.9 Å². The van der Waals surface area contributed by atoms with E-state index in [0.29, 0.717) is 0 Å². The number of hydrogen-bond acceptors (Lipinski definition) is 6. The van der Waals surface area contributed by atoms with E-state index >= 15 is 0 Å². The molecular formula is C13H7F3N4O3. The predicted molar refractivity (Wildman–Crippen MR) is 69.2 cm³/mol. The molecule has 3 aromatic rings. The van der Waals surface area contributed by atoms with E-state index in [2.05, 4.69) is 25.2 Å². The van der Waals surface area contributed by atoms with Gasteiger partial charge in [-0.25, -0.2) is 0 Å². The van der Waals surface area contributed by atoms with Crippen LogP contribution in [-0.2, 0) is 6.18 Å². The average molecular weight is 324 g/mol. The summed E-state index contributed by atoms with van der Waals surface area (Å²) in [6.07, 6.45) is -3.14. The summed E-state index contributed by atoms with van der Waals surface area (Å²) in [7, 11) is 0. The van der Waals surface area contributed by atoms with Crippen molar-refractivity contribution in [1.29, 1.82) is 0 Å². The van der Waals surface area contributed by atoms with Gasteiger partial charge in [0.2, 0.25) is 11.7 Å². The smallest absolute Gasteiger partial charge is 0.403 e. The highest BCUT2D eigenvalue weighted by Crippen LogP contribution is 2.30. The molecule has 0 spiro atoms.